The topological polar surface area (TPSA) is 0 Å². The van der Waals surface area contributed by atoms with Crippen LogP contribution in [0.1, 0.15) is 6.42 Å². The molecule has 6 unspecified atom stereocenters. The molecular formula is C9H6Cl2. The molecular weight excluding hydrogens is 179 g/mol. The molecule has 0 radical (unpaired) electrons. The van der Waals surface area contributed by atoms with Gasteiger partial charge in [0.15, 0.2) is 0 Å². The van der Waals surface area contributed by atoms with E-state index in [1.54, 1.807) is 11.1 Å². The van der Waals surface area contributed by atoms with Crippen molar-refractivity contribution < 1.29 is 0 Å². The fraction of sp³-hybridized carbons (Fsp3) is 0.778. The third-order valence-corrected chi connectivity index (χ3v) is 6.71. The zero-order valence-corrected chi connectivity index (χ0v) is 7.28. The van der Waals surface area contributed by atoms with Crippen molar-refractivity contribution in [1.29, 1.82) is 0 Å². The number of hydrogen-bond acceptors (Lipinski definition) is 0. The molecule has 2 heteroatoms. The second-order valence-electron chi connectivity index (χ2n) is 4.75. The summed E-state index contributed by atoms with van der Waals surface area (Å²) in [6, 6.07) is 0. The van der Waals surface area contributed by atoms with E-state index in [4.69, 9.17) is 23.2 Å². The van der Waals surface area contributed by atoms with Gasteiger partial charge in [-0.2, -0.15) is 0 Å². The Morgan fingerprint density at radius 1 is 1.00 bits per heavy atom. The number of halogens is 2. The van der Waals surface area contributed by atoms with Gasteiger partial charge in [-0.25, -0.2) is 0 Å². The van der Waals surface area contributed by atoms with E-state index in [0.717, 1.165) is 23.7 Å². The molecule has 0 heterocycles. The third kappa shape index (κ3) is 0.190. The lowest BCUT2D eigenvalue weighted by atomic mass is 9.28. The minimum absolute atomic E-state index is 0.00598. The molecule has 2 bridgehead atoms. The second kappa shape index (κ2) is 0.914. The van der Waals surface area contributed by atoms with Gasteiger partial charge in [0, 0.05) is 0 Å². The SMILES string of the molecule is ClC12C3=C4C5C3C1CC5C42Cl. The lowest BCUT2D eigenvalue weighted by molar-refractivity contribution is -0.0238. The first-order valence-electron chi connectivity index (χ1n) is 4.35. The van der Waals surface area contributed by atoms with Crippen molar-refractivity contribution >= 4 is 23.2 Å². The smallest absolute Gasteiger partial charge is 0.0927 e. The van der Waals surface area contributed by atoms with Crippen LogP contribution in [0.25, 0.3) is 0 Å². The molecule has 0 aliphatic heterocycles. The Morgan fingerprint density at radius 3 is 1.82 bits per heavy atom. The summed E-state index contributed by atoms with van der Waals surface area (Å²) in [5, 5.41) is 0. The van der Waals surface area contributed by atoms with E-state index in [1.807, 2.05) is 0 Å². The predicted molar refractivity (Wildman–Crippen MR) is 42.8 cm³/mol. The normalized spacial score (nSPS) is 83.5. The Kier molecular flexibility index (Phi) is 0.427. The van der Waals surface area contributed by atoms with Gasteiger partial charge >= 0.3 is 0 Å². The van der Waals surface area contributed by atoms with E-state index in [9.17, 15) is 0 Å². The highest BCUT2D eigenvalue weighted by Crippen LogP contribution is 2.97. The molecule has 4 saturated carbocycles. The Labute approximate surface area is 74.5 Å². The average Bonchev–Trinajstić information content (AvgIpc) is 2.20. The van der Waals surface area contributed by atoms with Crippen LogP contribution in [-0.2, 0) is 0 Å². The van der Waals surface area contributed by atoms with E-state index < -0.39 is 0 Å². The van der Waals surface area contributed by atoms with E-state index >= 15 is 0 Å². The molecule has 0 nitrogen and oxygen atoms in total. The summed E-state index contributed by atoms with van der Waals surface area (Å²) in [6.07, 6.45) is 1.33. The first kappa shape index (κ1) is 5.14. The van der Waals surface area contributed by atoms with Crippen LogP contribution in [-0.4, -0.2) is 9.75 Å². The molecule has 0 aromatic rings. The molecule has 0 saturated heterocycles. The van der Waals surface area contributed by atoms with E-state index in [2.05, 4.69) is 0 Å². The molecule has 0 aromatic carbocycles. The van der Waals surface area contributed by atoms with Gasteiger partial charge < -0.3 is 0 Å². The van der Waals surface area contributed by atoms with Gasteiger partial charge in [-0.1, -0.05) is 0 Å². The number of alkyl halides is 2. The maximum atomic E-state index is 6.50. The summed E-state index contributed by atoms with van der Waals surface area (Å²) >= 11 is 13.0. The number of rotatable bonds is 0. The van der Waals surface area contributed by atoms with Crippen LogP contribution < -0.4 is 0 Å². The summed E-state index contributed by atoms with van der Waals surface area (Å²) in [6.45, 7) is 0. The van der Waals surface area contributed by atoms with E-state index in [0.29, 0.717) is 0 Å². The standard InChI is InChI=1S/C9H6Cl2/c10-8-2-1-3-5-4(2)6(8)7(5)9(3,8)11/h2-5H,1H2. The Bertz CT molecular complexity index is 338. The van der Waals surface area contributed by atoms with Crippen LogP contribution in [0, 0.1) is 23.7 Å². The summed E-state index contributed by atoms with van der Waals surface area (Å²) in [4.78, 5) is -0.0120. The molecule has 0 N–H and O–H groups in total. The minimum Gasteiger partial charge on any atom is -0.112 e. The van der Waals surface area contributed by atoms with E-state index in [-0.39, 0.29) is 9.75 Å². The first-order chi connectivity index (χ1) is 5.22. The Balaban J connectivity index is 2.05. The highest BCUT2D eigenvalue weighted by Gasteiger charge is 2.97. The molecule has 56 valence electrons. The molecule has 0 spiro atoms. The maximum Gasteiger partial charge on any atom is 0.0927 e. The first-order valence-corrected chi connectivity index (χ1v) is 5.11. The van der Waals surface area contributed by atoms with Gasteiger partial charge in [-0.15, -0.1) is 23.2 Å². The van der Waals surface area contributed by atoms with Crippen molar-refractivity contribution in [3.8, 4) is 0 Å². The fourth-order valence-corrected chi connectivity index (χ4v) is 6.25. The van der Waals surface area contributed by atoms with Gasteiger partial charge in [0.05, 0.1) is 9.75 Å². The average molecular weight is 185 g/mol. The third-order valence-electron chi connectivity index (χ3n) is 5.05. The highest BCUT2D eigenvalue weighted by molar-refractivity contribution is 6.44. The van der Waals surface area contributed by atoms with Crippen molar-refractivity contribution in [2.45, 2.75) is 16.2 Å². The highest BCUT2D eigenvalue weighted by atomic mass is 35.5. The van der Waals surface area contributed by atoms with Crippen LogP contribution in [0.5, 0.6) is 0 Å². The summed E-state index contributed by atoms with van der Waals surface area (Å²) in [5.74, 6) is 3.41. The summed E-state index contributed by atoms with van der Waals surface area (Å²) in [5.41, 5.74) is 3.16. The van der Waals surface area contributed by atoms with Crippen LogP contribution in [0.2, 0.25) is 0 Å². The Morgan fingerprint density at radius 2 is 1.45 bits per heavy atom. The van der Waals surface area contributed by atoms with Crippen LogP contribution in [0.15, 0.2) is 11.1 Å². The van der Waals surface area contributed by atoms with Gasteiger partial charge in [-0.05, 0) is 41.2 Å². The quantitative estimate of drug-likeness (QED) is 0.400. The van der Waals surface area contributed by atoms with Crippen molar-refractivity contribution in [1.82, 2.24) is 0 Å². The predicted octanol–water partition coefficient (Wildman–Crippen LogP) is 2.16. The zero-order valence-electron chi connectivity index (χ0n) is 5.77. The molecule has 11 heavy (non-hydrogen) atoms. The van der Waals surface area contributed by atoms with Crippen molar-refractivity contribution in [3.05, 3.63) is 11.1 Å². The zero-order chi connectivity index (χ0) is 7.17. The van der Waals surface area contributed by atoms with Gasteiger partial charge in [0.1, 0.15) is 0 Å². The number of hydrogen-bond donors (Lipinski definition) is 0. The lowest BCUT2D eigenvalue weighted by Crippen LogP contribution is -2.85. The molecule has 6 aliphatic carbocycles. The van der Waals surface area contributed by atoms with Crippen molar-refractivity contribution in [3.63, 3.8) is 0 Å². The molecule has 6 atom stereocenters. The number of allylic oxidation sites excluding steroid dienone is 2. The largest absolute Gasteiger partial charge is 0.112 e. The molecule has 4 fully saturated rings. The van der Waals surface area contributed by atoms with E-state index in [1.165, 1.54) is 6.42 Å². The Hall–Kier alpha value is 0.320. The van der Waals surface area contributed by atoms with Gasteiger partial charge in [-0.3, -0.25) is 0 Å². The van der Waals surface area contributed by atoms with Crippen LogP contribution >= 0.6 is 23.2 Å². The van der Waals surface area contributed by atoms with Gasteiger partial charge in [0.25, 0.3) is 0 Å². The summed E-state index contributed by atoms with van der Waals surface area (Å²) < 4.78 is 0. The molecule has 6 aliphatic rings. The minimum atomic E-state index is -0.00598. The maximum absolute atomic E-state index is 6.50. The van der Waals surface area contributed by atoms with Gasteiger partial charge in [0.2, 0.25) is 0 Å². The molecule has 6 rings (SSSR count). The van der Waals surface area contributed by atoms with Crippen LogP contribution in [0.4, 0.5) is 0 Å². The molecule has 0 amide bonds. The molecule has 0 aromatic heterocycles. The monoisotopic (exact) mass is 184 g/mol. The fourth-order valence-electron chi connectivity index (χ4n) is 4.86. The van der Waals surface area contributed by atoms with Crippen molar-refractivity contribution in [2.75, 3.05) is 0 Å². The van der Waals surface area contributed by atoms with Crippen molar-refractivity contribution in [2.24, 2.45) is 23.7 Å². The van der Waals surface area contributed by atoms with Crippen LogP contribution in [0.3, 0.4) is 0 Å². The summed E-state index contributed by atoms with van der Waals surface area (Å²) in [7, 11) is 0. The second-order valence-corrected chi connectivity index (χ2v) is 5.94. The lowest BCUT2D eigenvalue weighted by Gasteiger charge is -2.82.